The predicted molar refractivity (Wildman–Crippen MR) is 85.1 cm³/mol. The van der Waals surface area contributed by atoms with Crippen molar-refractivity contribution in [2.24, 2.45) is 10.9 Å². The van der Waals surface area contributed by atoms with Gasteiger partial charge in [-0.3, -0.25) is 9.79 Å². The molecule has 0 saturated heterocycles. The van der Waals surface area contributed by atoms with E-state index < -0.39 is 35.2 Å². The third-order valence-electron chi connectivity index (χ3n) is 2.83. The number of halogens is 4. The van der Waals surface area contributed by atoms with Crippen molar-refractivity contribution >= 4 is 23.9 Å². The van der Waals surface area contributed by atoms with Gasteiger partial charge in [0.05, 0.1) is 17.2 Å². The van der Waals surface area contributed by atoms with Crippen LogP contribution in [0.25, 0.3) is 5.57 Å². The van der Waals surface area contributed by atoms with E-state index in [4.69, 9.17) is 0 Å². The zero-order chi connectivity index (χ0) is 18.5. The first-order valence-electron chi connectivity index (χ1n) is 6.95. The maximum Gasteiger partial charge on any atom is 0.435 e. The molecule has 0 aliphatic heterocycles. The number of pyridine rings is 1. The van der Waals surface area contributed by atoms with E-state index in [-0.39, 0.29) is 11.3 Å². The Hall–Kier alpha value is -2.51. The van der Waals surface area contributed by atoms with Crippen molar-refractivity contribution in [1.29, 1.82) is 0 Å². The molecule has 24 heavy (non-hydrogen) atoms. The van der Waals surface area contributed by atoms with Gasteiger partial charge in [0, 0.05) is 17.7 Å². The molecule has 0 saturated carbocycles. The first kappa shape index (κ1) is 19.5. The normalized spacial score (nSPS) is 13.2. The smallest absolute Gasteiger partial charge is 0.324 e. The highest BCUT2D eigenvalue weighted by Gasteiger charge is 2.36. The van der Waals surface area contributed by atoms with Crippen LogP contribution in [0, 0.1) is 5.92 Å². The first-order valence-corrected chi connectivity index (χ1v) is 6.95. The number of hydrogen-bond acceptors (Lipinski definition) is 3. The Morgan fingerprint density at radius 2 is 2.00 bits per heavy atom. The van der Waals surface area contributed by atoms with Crippen LogP contribution in [0.15, 0.2) is 35.2 Å². The Bertz CT molecular complexity index is 687. The van der Waals surface area contributed by atoms with E-state index in [1.807, 2.05) is 0 Å². The number of aromatic nitrogens is 1. The summed E-state index contributed by atoms with van der Waals surface area (Å²) >= 11 is 0. The first-order chi connectivity index (χ1) is 11.1. The summed E-state index contributed by atoms with van der Waals surface area (Å²) in [6.45, 7) is 7.44. The zero-order valence-electron chi connectivity index (χ0n) is 13.4. The Balaban J connectivity index is 3.44. The molecular formula is C16H17F4N3O. The molecule has 0 aliphatic carbocycles. The standard InChI is InChI=1S/C16H17F4N3O/c1-9(2)15(24)23-13-6-5-12(22-14(13)16(18,19)20)11(8-21-4)7-10(3)17/h5-9H,4H2,1-3H3,(H,23,24)/b10-7+,11-8+. The second kappa shape index (κ2) is 7.85. The SMILES string of the molecule is C=N/C=C(\C=C(/C)F)c1ccc(NC(=O)C(C)C)c(C(F)(F)F)n1. The molecule has 130 valence electrons. The molecule has 0 radical (unpaired) electrons. The van der Waals surface area contributed by atoms with Gasteiger partial charge in [-0.2, -0.15) is 13.2 Å². The lowest BCUT2D eigenvalue weighted by Gasteiger charge is -2.15. The second-order valence-corrected chi connectivity index (χ2v) is 5.23. The monoisotopic (exact) mass is 343 g/mol. The third-order valence-corrected chi connectivity index (χ3v) is 2.83. The highest BCUT2D eigenvalue weighted by molar-refractivity contribution is 5.92. The molecule has 0 unspecified atom stereocenters. The molecule has 0 aromatic carbocycles. The van der Waals surface area contributed by atoms with Gasteiger partial charge in [0.15, 0.2) is 5.69 Å². The van der Waals surface area contributed by atoms with Crippen molar-refractivity contribution in [2.75, 3.05) is 5.32 Å². The third kappa shape index (κ3) is 5.29. The van der Waals surface area contributed by atoms with Crippen LogP contribution in [0.2, 0.25) is 0 Å². The number of aliphatic imine (C=N–C) groups is 1. The summed E-state index contributed by atoms with van der Waals surface area (Å²) in [7, 11) is 0. The number of amides is 1. The second-order valence-electron chi connectivity index (χ2n) is 5.23. The Morgan fingerprint density at radius 3 is 2.46 bits per heavy atom. The number of rotatable bonds is 5. The number of carbonyl (C=O) groups excluding carboxylic acids is 1. The number of anilines is 1. The number of nitrogens with zero attached hydrogens (tertiary/aromatic N) is 2. The summed E-state index contributed by atoms with van der Waals surface area (Å²) in [4.78, 5) is 18.6. The van der Waals surface area contributed by atoms with E-state index in [2.05, 4.69) is 22.0 Å². The molecule has 0 bridgehead atoms. The van der Waals surface area contributed by atoms with Crippen molar-refractivity contribution in [3.8, 4) is 0 Å². The van der Waals surface area contributed by atoms with Crippen LogP contribution in [0.5, 0.6) is 0 Å². The maximum absolute atomic E-state index is 13.2. The number of nitrogens with one attached hydrogen (secondary N) is 1. The molecule has 1 heterocycles. The lowest BCUT2D eigenvalue weighted by atomic mass is 10.1. The number of alkyl halides is 3. The fraction of sp³-hybridized carbons (Fsp3) is 0.312. The molecule has 1 aromatic rings. The van der Waals surface area contributed by atoms with Gasteiger partial charge in [-0.05, 0) is 31.9 Å². The molecule has 0 fully saturated rings. The highest BCUT2D eigenvalue weighted by Crippen LogP contribution is 2.34. The highest BCUT2D eigenvalue weighted by atomic mass is 19.4. The van der Waals surface area contributed by atoms with Crippen molar-refractivity contribution in [1.82, 2.24) is 4.98 Å². The van der Waals surface area contributed by atoms with Gasteiger partial charge in [-0.1, -0.05) is 13.8 Å². The van der Waals surface area contributed by atoms with E-state index in [1.165, 1.54) is 6.07 Å². The summed E-state index contributed by atoms with van der Waals surface area (Å²) < 4.78 is 52.8. The Kier molecular flexibility index (Phi) is 6.39. The maximum atomic E-state index is 13.2. The lowest BCUT2D eigenvalue weighted by Crippen LogP contribution is -2.21. The fourth-order valence-corrected chi connectivity index (χ4v) is 1.70. The summed E-state index contributed by atoms with van der Waals surface area (Å²) in [6.07, 6.45) is -2.71. The minimum absolute atomic E-state index is 0.0252. The van der Waals surface area contributed by atoms with Gasteiger partial charge >= 0.3 is 6.18 Å². The van der Waals surface area contributed by atoms with Crippen molar-refractivity contribution < 1.29 is 22.4 Å². The molecule has 8 heteroatoms. The van der Waals surface area contributed by atoms with E-state index in [0.29, 0.717) is 0 Å². The fourth-order valence-electron chi connectivity index (χ4n) is 1.70. The van der Waals surface area contributed by atoms with Crippen molar-refractivity contribution in [3.05, 3.63) is 41.6 Å². The van der Waals surface area contributed by atoms with Gasteiger partial charge in [0.2, 0.25) is 5.91 Å². The summed E-state index contributed by atoms with van der Waals surface area (Å²) in [5.74, 6) is -1.70. The topological polar surface area (TPSA) is 54.4 Å². The van der Waals surface area contributed by atoms with Crippen molar-refractivity contribution in [2.45, 2.75) is 26.9 Å². The average Bonchev–Trinajstić information content (AvgIpc) is 2.45. The Labute approximate surface area is 137 Å². The van der Waals surface area contributed by atoms with Crippen LogP contribution >= 0.6 is 0 Å². The zero-order valence-corrected chi connectivity index (χ0v) is 13.4. The van der Waals surface area contributed by atoms with Gasteiger partial charge in [-0.25, -0.2) is 9.37 Å². The van der Waals surface area contributed by atoms with E-state index >= 15 is 0 Å². The average molecular weight is 343 g/mol. The van der Waals surface area contributed by atoms with Gasteiger partial charge in [0.1, 0.15) is 0 Å². The lowest BCUT2D eigenvalue weighted by molar-refractivity contribution is -0.140. The minimum atomic E-state index is -4.79. The van der Waals surface area contributed by atoms with Crippen LogP contribution in [0.3, 0.4) is 0 Å². The predicted octanol–water partition coefficient (Wildman–Crippen LogP) is 4.61. The van der Waals surface area contributed by atoms with Gasteiger partial charge in [0.25, 0.3) is 0 Å². The largest absolute Gasteiger partial charge is 0.435 e. The summed E-state index contributed by atoms with van der Waals surface area (Å²) in [5, 5.41) is 2.19. The molecular weight excluding hydrogens is 326 g/mol. The molecule has 0 spiro atoms. The molecule has 0 atom stereocenters. The summed E-state index contributed by atoms with van der Waals surface area (Å²) in [5.41, 5.74) is -1.85. The van der Waals surface area contributed by atoms with Crippen molar-refractivity contribution in [3.63, 3.8) is 0 Å². The number of allylic oxidation sites excluding steroid dienone is 3. The van der Waals surface area contributed by atoms with Crippen LogP contribution in [-0.2, 0) is 11.0 Å². The van der Waals surface area contributed by atoms with E-state index in [9.17, 15) is 22.4 Å². The quantitative estimate of drug-likeness (QED) is 0.482. The number of hydrogen-bond donors (Lipinski definition) is 1. The van der Waals surface area contributed by atoms with Crippen LogP contribution in [0.1, 0.15) is 32.2 Å². The molecule has 1 N–H and O–H groups in total. The molecule has 1 amide bonds. The van der Waals surface area contributed by atoms with Crippen LogP contribution in [-0.4, -0.2) is 17.6 Å². The molecule has 0 aliphatic rings. The molecule has 1 aromatic heterocycles. The van der Waals surface area contributed by atoms with Crippen LogP contribution in [0.4, 0.5) is 23.2 Å². The molecule has 1 rings (SSSR count). The minimum Gasteiger partial charge on any atom is -0.324 e. The summed E-state index contributed by atoms with van der Waals surface area (Å²) in [6, 6.07) is 2.31. The van der Waals surface area contributed by atoms with E-state index in [0.717, 1.165) is 25.3 Å². The molecule has 4 nitrogen and oxygen atoms in total. The Morgan fingerprint density at radius 1 is 1.38 bits per heavy atom. The number of carbonyl (C=O) groups is 1. The van der Waals surface area contributed by atoms with Gasteiger partial charge < -0.3 is 5.32 Å². The van der Waals surface area contributed by atoms with Gasteiger partial charge in [-0.15, -0.1) is 0 Å². The van der Waals surface area contributed by atoms with Crippen LogP contribution < -0.4 is 5.32 Å². The van der Waals surface area contributed by atoms with E-state index in [1.54, 1.807) is 13.8 Å².